The van der Waals surface area contributed by atoms with Crippen LogP contribution in [-0.4, -0.2) is 39.6 Å². The van der Waals surface area contributed by atoms with E-state index >= 15 is 0 Å². The van der Waals surface area contributed by atoms with Crippen LogP contribution < -0.4 is 5.32 Å². The number of amides is 1. The number of esters is 1. The van der Waals surface area contributed by atoms with Crippen molar-refractivity contribution in [3.05, 3.63) is 57.2 Å². The summed E-state index contributed by atoms with van der Waals surface area (Å²) in [5, 5.41) is 29.0. The minimum absolute atomic E-state index is 0.0701. The molecule has 31 heavy (non-hydrogen) atoms. The number of rotatable bonds is 7. The van der Waals surface area contributed by atoms with E-state index in [0.29, 0.717) is 5.69 Å². The Morgan fingerprint density at radius 2 is 2.03 bits per heavy atom. The monoisotopic (exact) mass is 443 g/mol. The van der Waals surface area contributed by atoms with Gasteiger partial charge in [0.05, 0.1) is 30.1 Å². The van der Waals surface area contributed by atoms with Crippen molar-refractivity contribution in [1.82, 2.24) is 4.98 Å². The number of allylic oxidation sites excluding steroid dienone is 1. The second kappa shape index (κ2) is 10.1. The lowest BCUT2D eigenvalue weighted by atomic mass is 10.1. The average molecular weight is 443 g/mol. The maximum atomic E-state index is 12.5. The van der Waals surface area contributed by atoms with Crippen LogP contribution in [0.1, 0.15) is 39.6 Å². The molecule has 0 aliphatic carbocycles. The fourth-order valence-corrected chi connectivity index (χ4v) is 3.09. The van der Waals surface area contributed by atoms with Gasteiger partial charge in [-0.25, -0.2) is 19.4 Å². The summed E-state index contributed by atoms with van der Waals surface area (Å²) in [6.07, 6.45) is 0. The molecule has 0 saturated heterocycles. The summed E-state index contributed by atoms with van der Waals surface area (Å²) >= 11 is 0.886. The molecule has 0 atom stereocenters. The highest BCUT2D eigenvalue weighted by Crippen LogP contribution is 2.28. The Labute approximate surface area is 180 Å². The summed E-state index contributed by atoms with van der Waals surface area (Å²) in [5.74, 6) is -3.25. The summed E-state index contributed by atoms with van der Waals surface area (Å²) in [4.78, 5) is 43.3. The van der Waals surface area contributed by atoms with E-state index in [0.717, 1.165) is 11.3 Å². The molecule has 0 spiro atoms. The minimum atomic E-state index is -1.30. The number of aromatic nitrogens is 1. The normalized spacial score (nSPS) is 11.5. The van der Waals surface area contributed by atoms with E-state index in [4.69, 9.17) is 11.3 Å². The third-order valence-electron chi connectivity index (χ3n) is 3.63. The lowest BCUT2D eigenvalue weighted by Crippen LogP contribution is -2.14. The first-order valence-corrected chi connectivity index (χ1v) is 9.51. The highest BCUT2D eigenvalue weighted by atomic mass is 32.1. The molecular weight excluding hydrogens is 426 g/mol. The van der Waals surface area contributed by atoms with Crippen molar-refractivity contribution < 1.29 is 29.3 Å². The van der Waals surface area contributed by atoms with Crippen molar-refractivity contribution >= 4 is 45.7 Å². The predicted octanol–water partition coefficient (Wildman–Crippen LogP) is 4.39. The van der Waals surface area contributed by atoms with Gasteiger partial charge in [0.15, 0.2) is 16.5 Å². The van der Waals surface area contributed by atoms with Crippen LogP contribution in [0.5, 0.6) is 0 Å². The number of hydrogen-bond acceptors (Lipinski definition) is 9. The Kier molecular flexibility index (Phi) is 7.53. The molecule has 160 valence electrons. The van der Waals surface area contributed by atoms with Gasteiger partial charge in [0, 0.05) is 0 Å². The quantitative estimate of drug-likeness (QED) is 0.188. The zero-order valence-electron chi connectivity index (χ0n) is 16.7. The van der Waals surface area contributed by atoms with Gasteiger partial charge in [-0.2, -0.15) is 5.11 Å². The maximum absolute atomic E-state index is 12.5. The Hall–Kier alpha value is -4.11. The number of carboxylic acid groups (broad SMARTS) is 1. The lowest BCUT2D eigenvalue weighted by molar-refractivity contribution is -0.113. The SMILES string of the molecule is [C-]#[N+]c1ccc(C(=O)O)c(N=N/C(C(=O)Nc2nc(C)c(C(=O)OCC)s2)=C(\C)O)c1. The first-order valence-electron chi connectivity index (χ1n) is 8.70. The molecule has 1 heterocycles. The van der Waals surface area contributed by atoms with Crippen LogP contribution in [0.4, 0.5) is 16.5 Å². The van der Waals surface area contributed by atoms with E-state index in [1.54, 1.807) is 13.8 Å². The number of carbonyl (C=O) groups excluding carboxylic acids is 2. The van der Waals surface area contributed by atoms with Crippen LogP contribution in [0.3, 0.4) is 0 Å². The number of aryl methyl sites for hydroxylation is 1. The summed E-state index contributed by atoms with van der Waals surface area (Å²) in [6.45, 7) is 11.6. The van der Waals surface area contributed by atoms with Gasteiger partial charge in [-0.1, -0.05) is 23.5 Å². The molecule has 0 aliphatic heterocycles. The second-order valence-corrected chi connectivity index (χ2v) is 6.86. The van der Waals surface area contributed by atoms with Crippen LogP contribution in [-0.2, 0) is 9.53 Å². The predicted molar refractivity (Wildman–Crippen MR) is 111 cm³/mol. The number of nitrogens with zero attached hydrogens (tertiary/aromatic N) is 4. The third kappa shape index (κ3) is 5.71. The Bertz CT molecular complexity index is 1140. The molecule has 0 bridgehead atoms. The van der Waals surface area contributed by atoms with E-state index in [1.165, 1.54) is 25.1 Å². The van der Waals surface area contributed by atoms with Crippen LogP contribution in [0.2, 0.25) is 0 Å². The zero-order chi connectivity index (χ0) is 23.1. The van der Waals surface area contributed by atoms with Crippen molar-refractivity contribution in [2.75, 3.05) is 11.9 Å². The van der Waals surface area contributed by atoms with Crippen LogP contribution in [0.15, 0.2) is 39.9 Å². The molecule has 2 aromatic rings. The standard InChI is InChI=1S/C19H17N5O6S/c1-5-30-18(29)15-9(2)21-19(31-15)22-16(26)14(10(3)25)24-23-13-8-11(20-4)6-7-12(13)17(27)28/h6-8,25H,5H2,1-3H3,(H,27,28)(H,21,22,26)/b14-10+,24-23?. The van der Waals surface area contributed by atoms with E-state index in [-0.39, 0.29) is 33.6 Å². The highest BCUT2D eigenvalue weighted by Gasteiger charge is 2.20. The number of hydrogen-bond donors (Lipinski definition) is 3. The number of benzene rings is 1. The minimum Gasteiger partial charge on any atom is -0.510 e. The molecule has 2 rings (SSSR count). The molecule has 1 amide bonds. The molecule has 1 aromatic carbocycles. The second-order valence-electron chi connectivity index (χ2n) is 5.86. The van der Waals surface area contributed by atoms with Crippen molar-refractivity contribution in [1.29, 1.82) is 0 Å². The van der Waals surface area contributed by atoms with Gasteiger partial charge in [-0.15, -0.1) is 5.11 Å². The number of anilines is 1. The maximum Gasteiger partial charge on any atom is 0.350 e. The number of thiazole rings is 1. The zero-order valence-corrected chi connectivity index (χ0v) is 17.5. The lowest BCUT2D eigenvalue weighted by Gasteiger charge is -2.04. The van der Waals surface area contributed by atoms with E-state index in [9.17, 15) is 24.6 Å². The van der Waals surface area contributed by atoms with Gasteiger partial charge in [-0.05, 0) is 26.8 Å². The topological polar surface area (TPSA) is 155 Å². The number of nitrogens with one attached hydrogen (secondary N) is 1. The summed E-state index contributed by atoms with van der Waals surface area (Å²) in [7, 11) is 0. The molecular formula is C19H17N5O6S. The van der Waals surface area contributed by atoms with E-state index < -0.39 is 29.3 Å². The van der Waals surface area contributed by atoms with E-state index in [2.05, 4.69) is 25.4 Å². The number of carboxylic acids is 1. The molecule has 11 nitrogen and oxygen atoms in total. The third-order valence-corrected chi connectivity index (χ3v) is 4.69. The molecule has 0 saturated carbocycles. The summed E-state index contributed by atoms with van der Waals surface area (Å²) < 4.78 is 4.92. The molecule has 0 radical (unpaired) electrons. The number of carbonyl (C=O) groups is 3. The molecule has 3 N–H and O–H groups in total. The van der Waals surface area contributed by atoms with Gasteiger partial charge < -0.3 is 14.9 Å². The number of ether oxygens (including phenoxy) is 1. The Balaban J connectivity index is 2.31. The summed E-state index contributed by atoms with van der Waals surface area (Å²) in [6, 6.07) is 3.69. The summed E-state index contributed by atoms with van der Waals surface area (Å²) in [5.41, 5.74) is -0.424. The number of aromatic carboxylic acids is 1. The Morgan fingerprint density at radius 1 is 1.32 bits per heavy atom. The van der Waals surface area contributed by atoms with Gasteiger partial charge in [-0.3, -0.25) is 10.1 Å². The van der Waals surface area contributed by atoms with Crippen molar-refractivity contribution in [2.45, 2.75) is 20.8 Å². The molecule has 0 fully saturated rings. The van der Waals surface area contributed by atoms with Crippen molar-refractivity contribution in [3.63, 3.8) is 0 Å². The number of aliphatic hydroxyl groups is 1. The molecule has 0 unspecified atom stereocenters. The number of azo groups is 1. The Morgan fingerprint density at radius 3 is 2.61 bits per heavy atom. The van der Waals surface area contributed by atoms with Gasteiger partial charge in [0.1, 0.15) is 10.6 Å². The molecule has 12 heteroatoms. The van der Waals surface area contributed by atoms with Crippen molar-refractivity contribution in [2.24, 2.45) is 10.2 Å². The fraction of sp³-hybridized carbons (Fsp3) is 0.211. The fourth-order valence-electron chi connectivity index (χ4n) is 2.23. The van der Waals surface area contributed by atoms with Crippen LogP contribution >= 0.6 is 11.3 Å². The van der Waals surface area contributed by atoms with E-state index in [1.807, 2.05) is 0 Å². The van der Waals surface area contributed by atoms with Gasteiger partial charge in [0.2, 0.25) is 0 Å². The highest BCUT2D eigenvalue weighted by molar-refractivity contribution is 7.17. The van der Waals surface area contributed by atoms with Gasteiger partial charge in [0.25, 0.3) is 5.91 Å². The van der Waals surface area contributed by atoms with Crippen LogP contribution in [0.25, 0.3) is 4.85 Å². The largest absolute Gasteiger partial charge is 0.510 e. The van der Waals surface area contributed by atoms with Crippen molar-refractivity contribution in [3.8, 4) is 0 Å². The first-order chi connectivity index (χ1) is 14.7. The average Bonchev–Trinajstić information content (AvgIpc) is 3.07. The van der Waals surface area contributed by atoms with Gasteiger partial charge >= 0.3 is 11.9 Å². The van der Waals surface area contributed by atoms with Crippen LogP contribution in [0, 0.1) is 13.5 Å². The molecule has 0 aliphatic rings. The smallest absolute Gasteiger partial charge is 0.350 e. The number of aliphatic hydroxyl groups excluding tert-OH is 1. The molecule has 1 aromatic heterocycles. The first kappa shape index (κ1) is 23.2.